The van der Waals surface area contributed by atoms with Gasteiger partial charge < -0.3 is 5.32 Å². The topological polar surface area (TPSA) is 79.3 Å². The van der Waals surface area contributed by atoms with Gasteiger partial charge in [-0.05, 0) is 24.5 Å². The molecule has 0 saturated carbocycles. The summed E-state index contributed by atoms with van der Waals surface area (Å²) >= 11 is 0. The molecule has 2 heterocycles. The van der Waals surface area contributed by atoms with Crippen molar-refractivity contribution in [2.75, 3.05) is 11.9 Å². The Kier molecular flexibility index (Phi) is 4.74. The number of nitrogens with zero attached hydrogens (tertiary/aromatic N) is 3. The van der Waals surface area contributed by atoms with Crippen molar-refractivity contribution in [3.63, 3.8) is 0 Å². The first-order chi connectivity index (χ1) is 11.5. The highest BCUT2D eigenvalue weighted by molar-refractivity contribution is 6.07. The molecule has 0 saturated heterocycles. The lowest BCUT2D eigenvalue weighted by atomic mass is 9.93. The minimum Gasteiger partial charge on any atom is -0.369 e. The standard InChI is InChI=1S/C18H23N5O/c1-11(2)6-7-19-18-14-5-4-13(9-15(14)20-10-21-18)17-12(3)8-16(24)22-23-17/h4-5,9-12H,6-8H2,1-3H3,(H,22,24)(H,19,20,21). The lowest BCUT2D eigenvalue weighted by Crippen LogP contribution is -2.31. The molecule has 6 nitrogen and oxygen atoms in total. The van der Waals surface area contributed by atoms with Crippen molar-refractivity contribution < 1.29 is 4.79 Å². The Hall–Kier alpha value is -2.50. The molecule has 0 fully saturated rings. The Morgan fingerprint density at radius 3 is 2.92 bits per heavy atom. The van der Waals surface area contributed by atoms with Gasteiger partial charge in [-0.15, -0.1) is 0 Å². The first-order valence-electron chi connectivity index (χ1n) is 8.40. The second-order valence-electron chi connectivity index (χ2n) is 6.70. The van der Waals surface area contributed by atoms with E-state index >= 15 is 0 Å². The smallest absolute Gasteiger partial charge is 0.240 e. The molecule has 1 unspecified atom stereocenters. The number of amides is 1. The van der Waals surface area contributed by atoms with Crippen molar-refractivity contribution in [3.8, 4) is 0 Å². The number of aromatic nitrogens is 2. The Labute approximate surface area is 141 Å². The molecular weight excluding hydrogens is 302 g/mol. The van der Waals surface area contributed by atoms with Crippen LogP contribution in [0.25, 0.3) is 10.9 Å². The molecular formula is C18H23N5O. The van der Waals surface area contributed by atoms with Crippen LogP contribution in [0.2, 0.25) is 0 Å². The molecule has 2 N–H and O–H groups in total. The van der Waals surface area contributed by atoms with E-state index in [4.69, 9.17) is 0 Å². The first-order valence-corrected chi connectivity index (χ1v) is 8.40. The summed E-state index contributed by atoms with van der Waals surface area (Å²) in [6.45, 7) is 7.32. The average molecular weight is 325 g/mol. The SMILES string of the molecule is CC(C)CCNc1ncnc2cc(C3=NNC(=O)CC3C)ccc12. The van der Waals surface area contributed by atoms with E-state index in [1.54, 1.807) is 6.33 Å². The van der Waals surface area contributed by atoms with Gasteiger partial charge in [0, 0.05) is 29.8 Å². The van der Waals surface area contributed by atoms with Gasteiger partial charge in [-0.1, -0.05) is 26.8 Å². The van der Waals surface area contributed by atoms with E-state index in [1.165, 1.54) is 0 Å². The molecule has 2 aromatic rings. The second-order valence-corrected chi connectivity index (χ2v) is 6.70. The number of carbonyl (C=O) groups is 1. The Morgan fingerprint density at radius 2 is 2.17 bits per heavy atom. The number of carbonyl (C=O) groups excluding carboxylic acids is 1. The molecule has 6 heteroatoms. The zero-order valence-corrected chi connectivity index (χ0v) is 14.3. The molecule has 0 spiro atoms. The Bertz CT molecular complexity index is 784. The zero-order chi connectivity index (χ0) is 17.1. The van der Waals surface area contributed by atoms with Gasteiger partial charge in [-0.3, -0.25) is 4.79 Å². The van der Waals surface area contributed by atoms with E-state index < -0.39 is 0 Å². The van der Waals surface area contributed by atoms with Crippen molar-refractivity contribution in [2.45, 2.75) is 33.6 Å². The van der Waals surface area contributed by atoms with E-state index in [0.29, 0.717) is 12.3 Å². The number of nitrogens with one attached hydrogen (secondary N) is 2. The summed E-state index contributed by atoms with van der Waals surface area (Å²) in [7, 11) is 0. The molecule has 0 bridgehead atoms. The highest BCUT2D eigenvalue weighted by Gasteiger charge is 2.22. The van der Waals surface area contributed by atoms with Crippen LogP contribution in [0.4, 0.5) is 5.82 Å². The summed E-state index contributed by atoms with van der Waals surface area (Å²) in [4.78, 5) is 20.2. The van der Waals surface area contributed by atoms with E-state index in [1.807, 2.05) is 25.1 Å². The van der Waals surface area contributed by atoms with E-state index in [9.17, 15) is 4.79 Å². The summed E-state index contributed by atoms with van der Waals surface area (Å²) in [5, 5.41) is 8.61. The Balaban J connectivity index is 1.88. The van der Waals surface area contributed by atoms with E-state index in [-0.39, 0.29) is 11.8 Å². The van der Waals surface area contributed by atoms with Crippen molar-refractivity contribution in [1.29, 1.82) is 0 Å². The maximum atomic E-state index is 11.4. The molecule has 3 rings (SSSR count). The highest BCUT2D eigenvalue weighted by Crippen LogP contribution is 2.23. The molecule has 126 valence electrons. The minimum atomic E-state index is -0.0361. The van der Waals surface area contributed by atoms with Crippen LogP contribution in [0.3, 0.4) is 0 Å². The third-order valence-electron chi connectivity index (χ3n) is 4.21. The number of hydrogen-bond acceptors (Lipinski definition) is 5. The fourth-order valence-electron chi connectivity index (χ4n) is 2.84. The largest absolute Gasteiger partial charge is 0.369 e. The van der Waals surface area contributed by atoms with Gasteiger partial charge in [0.15, 0.2) is 0 Å². The van der Waals surface area contributed by atoms with Gasteiger partial charge in [0.25, 0.3) is 0 Å². The molecule has 1 amide bonds. The van der Waals surface area contributed by atoms with Gasteiger partial charge in [-0.2, -0.15) is 5.10 Å². The van der Waals surface area contributed by atoms with Crippen molar-refractivity contribution in [3.05, 3.63) is 30.1 Å². The first kappa shape index (κ1) is 16.4. The lowest BCUT2D eigenvalue weighted by molar-refractivity contribution is -0.121. The van der Waals surface area contributed by atoms with Crippen LogP contribution in [0.15, 0.2) is 29.6 Å². The highest BCUT2D eigenvalue weighted by atomic mass is 16.2. The number of hydrazone groups is 1. The number of rotatable bonds is 5. The molecule has 1 atom stereocenters. The monoisotopic (exact) mass is 325 g/mol. The maximum Gasteiger partial charge on any atom is 0.240 e. The van der Waals surface area contributed by atoms with Crippen LogP contribution in [0, 0.1) is 11.8 Å². The quantitative estimate of drug-likeness (QED) is 0.886. The zero-order valence-electron chi connectivity index (χ0n) is 14.3. The van der Waals surface area contributed by atoms with E-state index in [2.05, 4.69) is 39.7 Å². The van der Waals surface area contributed by atoms with Crippen LogP contribution >= 0.6 is 0 Å². The molecule has 1 aliphatic rings. The van der Waals surface area contributed by atoms with Gasteiger partial charge in [-0.25, -0.2) is 15.4 Å². The van der Waals surface area contributed by atoms with E-state index in [0.717, 1.165) is 41.0 Å². The molecule has 0 radical (unpaired) electrons. The van der Waals surface area contributed by atoms with Gasteiger partial charge in [0.1, 0.15) is 12.1 Å². The van der Waals surface area contributed by atoms with Crippen LogP contribution in [0.1, 0.15) is 39.2 Å². The summed E-state index contributed by atoms with van der Waals surface area (Å²) in [6.07, 6.45) is 3.14. The summed E-state index contributed by atoms with van der Waals surface area (Å²) < 4.78 is 0. The third kappa shape index (κ3) is 3.53. The number of anilines is 1. The molecule has 24 heavy (non-hydrogen) atoms. The minimum absolute atomic E-state index is 0.0361. The third-order valence-corrected chi connectivity index (χ3v) is 4.21. The molecule has 1 aromatic carbocycles. The maximum absolute atomic E-state index is 11.4. The normalized spacial score (nSPS) is 17.8. The predicted molar refractivity (Wildman–Crippen MR) is 95.9 cm³/mol. The van der Waals surface area contributed by atoms with Gasteiger partial charge >= 0.3 is 0 Å². The predicted octanol–water partition coefficient (Wildman–Crippen LogP) is 2.95. The number of benzene rings is 1. The van der Waals surface area contributed by atoms with Crippen LogP contribution in [-0.2, 0) is 4.79 Å². The van der Waals surface area contributed by atoms with Gasteiger partial charge in [0.2, 0.25) is 5.91 Å². The number of hydrogen-bond donors (Lipinski definition) is 2. The van der Waals surface area contributed by atoms with Gasteiger partial charge in [0.05, 0.1) is 11.2 Å². The average Bonchev–Trinajstić information content (AvgIpc) is 2.54. The van der Waals surface area contributed by atoms with Crippen molar-refractivity contribution >= 4 is 28.3 Å². The molecule has 1 aromatic heterocycles. The second kappa shape index (κ2) is 6.95. The van der Waals surface area contributed by atoms with Crippen molar-refractivity contribution in [2.24, 2.45) is 16.9 Å². The Morgan fingerprint density at radius 1 is 1.33 bits per heavy atom. The summed E-state index contributed by atoms with van der Waals surface area (Å²) in [5.74, 6) is 1.57. The summed E-state index contributed by atoms with van der Waals surface area (Å²) in [5.41, 5.74) is 5.32. The lowest BCUT2D eigenvalue weighted by Gasteiger charge is -2.19. The van der Waals surface area contributed by atoms with Crippen LogP contribution in [-0.4, -0.2) is 28.1 Å². The summed E-state index contributed by atoms with van der Waals surface area (Å²) in [6, 6.07) is 6.05. The fourth-order valence-corrected chi connectivity index (χ4v) is 2.84. The number of fused-ring (bicyclic) bond motifs is 1. The van der Waals surface area contributed by atoms with Crippen molar-refractivity contribution in [1.82, 2.24) is 15.4 Å². The molecule has 0 aliphatic carbocycles. The van der Waals surface area contributed by atoms with Crippen LogP contribution < -0.4 is 10.7 Å². The van der Waals surface area contributed by atoms with Crippen LogP contribution in [0.5, 0.6) is 0 Å². The molecule has 1 aliphatic heterocycles. The fraction of sp³-hybridized carbons (Fsp3) is 0.444.